The summed E-state index contributed by atoms with van der Waals surface area (Å²) in [5.74, 6) is 1.04. The highest BCUT2D eigenvalue weighted by atomic mass is 16.6. The Morgan fingerprint density at radius 3 is 2.55 bits per heavy atom. The van der Waals surface area contributed by atoms with E-state index in [2.05, 4.69) is 80.4 Å². The van der Waals surface area contributed by atoms with Gasteiger partial charge in [-0.3, -0.25) is 4.90 Å². The van der Waals surface area contributed by atoms with E-state index in [1.165, 1.54) is 27.8 Å². The highest BCUT2D eigenvalue weighted by molar-refractivity contribution is 5.70. The minimum Gasteiger partial charge on any atom is -0.445 e. The minimum atomic E-state index is -0.256. The Morgan fingerprint density at radius 2 is 1.85 bits per heavy atom. The second-order valence-electron chi connectivity index (χ2n) is 11.3. The van der Waals surface area contributed by atoms with Gasteiger partial charge in [0.25, 0.3) is 0 Å². The number of carbonyl (C=O) groups is 1. The predicted octanol–water partition coefficient (Wildman–Crippen LogP) is 6.31. The molecule has 176 valence electrons. The molecule has 1 aliphatic carbocycles. The van der Waals surface area contributed by atoms with Gasteiger partial charge >= 0.3 is 6.09 Å². The minimum absolute atomic E-state index is 0.0137. The fraction of sp³-hybridized carbons (Fsp3) is 0.552. The first kappa shape index (κ1) is 22.5. The second-order valence-corrected chi connectivity index (χ2v) is 11.3. The summed E-state index contributed by atoms with van der Waals surface area (Å²) in [4.78, 5) is 15.4. The van der Waals surface area contributed by atoms with E-state index in [4.69, 9.17) is 4.74 Å². The summed E-state index contributed by atoms with van der Waals surface area (Å²) >= 11 is 0. The number of hydrogen-bond acceptors (Lipinski definition) is 3. The Morgan fingerprint density at radius 1 is 1.09 bits per heavy atom. The van der Waals surface area contributed by atoms with Gasteiger partial charge in [0.05, 0.1) is 6.04 Å². The number of alkyl carbamates (subject to hydrolysis) is 1. The number of rotatable bonds is 4. The zero-order valence-electron chi connectivity index (χ0n) is 20.6. The second kappa shape index (κ2) is 8.79. The SMILES string of the molecule is CC(C)c1cccc(-c2ccc3c(c2)CCC(C)(C)C3NC(=O)O[C@@H]2CN3CCC2CC3)c1. The largest absolute Gasteiger partial charge is 0.445 e. The molecule has 1 unspecified atom stereocenters. The lowest BCUT2D eigenvalue weighted by atomic mass is 9.70. The van der Waals surface area contributed by atoms with Crippen molar-refractivity contribution in [3.05, 3.63) is 59.2 Å². The fourth-order valence-corrected chi connectivity index (χ4v) is 5.99. The molecule has 2 aromatic rings. The van der Waals surface area contributed by atoms with Crippen LogP contribution in [0.1, 0.15) is 75.6 Å². The zero-order valence-corrected chi connectivity index (χ0v) is 20.6. The molecule has 3 fully saturated rings. The molecule has 0 spiro atoms. The van der Waals surface area contributed by atoms with Crippen LogP contribution in [-0.4, -0.2) is 36.7 Å². The van der Waals surface area contributed by atoms with E-state index < -0.39 is 0 Å². The van der Waals surface area contributed by atoms with Gasteiger partial charge in [-0.1, -0.05) is 70.2 Å². The van der Waals surface area contributed by atoms with Gasteiger partial charge in [-0.25, -0.2) is 4.79 Å². The van der Waals surface area contributed by atoms with Crippen LogP contribution >= 0.6 is 0 Å². The van der Waals surface area contributed by atoms with E-state index in [0.717, 1.165) is 45.3 Å². The molecule has 1 N–H and O–H groups in total. The molecule has 2 aromatic carbocycles. The number of benzene rings is 2. The van der Waals surface area contributed by atoms with Gasteiger partial charge in [-0.2, -0.15) is 0 Å². The molecule has 0 aromatic heterocycles. The summed E-state index contributed by atoms with van der Waals surface area (Å²) in [7, 11) is 0. The number of aryl methyl sites for hydroxylation is 1. The first-order chi connectivity index (χ1) is 15.8. The summed E-state index contributed by atoms with van der Waals surface area (Å²) in [5, 5.41) is 3.28. The van der Waals surface area contributed by atoms with Crippen LogP contribution in [0.25, 0.3) is 11.1 Å². The van der Waals surface area contributed by atoms with Crippen molar-refractivity contribution in [2.75, 3.05) is 19.6 Å². The first-order valence-corrected chi connectivity index (χ1v) is 12.7. The van der Waals surface area contributed by atoms with E-state index in [1.807, 2.05) is 0 Å². The molecule has 0 radical (unpaired) electrons. The number of piperidine rings is 3. The average Bonchev–Trinajstić information content (AvgIpc) is 2.81. The summed E-state index contributed by atoms with van der Waals surface area (Å²) < 4.78 is 5.97. The molecule has 2 bridgehead atoms. The van der Waals surface area contributed by atoms with Crippen LogP contribution < -0.4 is 5.32 Å². The maximum Gasteiger partial charge on any atom is 0.407 e. The maximum absolute atomic E-state index is 13.0. The summed E-state index contributed by atoms with van der Waals surface area (Å²) in [5.41, 5.74) is 6.45. The van der Waals surface area contributed by atoms with Gasteiger partial charge in [0.15, 0.2) is 0 Å². The van der Waals surface area contributed by atoms with Crippen molar-refractivity contribution in [1.29, 1.82) is 0 Å². The van der Waals surface area contributed by atoms with E-state index in [0.29, 0.717) is 11.8 Å². The maximum atomic E-state index is 13.0. The number of nitrogens with one attached hydrogen (secondary N) is 1. The number of nitrogens with zero attached hydrogens (tertiary/aromatic N) is 1. The number of amides is 1. The van der Waals surface area contributed by atoms with Crippen LogP contribution in [0.3, 0.4) is 0 Å². The van der Waals surface area contributed by atoms with Gasteiger partial charge in [-0.15, -0.1) is 0 Å². The van der Waals surface area contributed by atoms with Gasteiger partial charge in [0, 0.05) is 6.54 Å². The van der Waals surface area contributed by atoms with Gasteiger partial charge in [-0.05, 0) is 83.8 Å². The molecule has 33 heavy (non-hydrogen) atoms. The topological polar surface area (TPSA) is 41.6 Å². The Kier molecular flexibility index (Phi) is 5.98. The van der Waals surface area contributed by atoms with Gasteiger partial charge < -0.3 is 10.1 Å². The van der Waals surface area contributed by atoms with Crippen molar-refractivity contribution in [2.24, 2.45) is 11.3 Å². The molecule has 0 saturated carbocycles. The lowest BCUT2D eigenvalue weighted by molar-refractivity contribution is -0.0353. The molecule has 4 heteroatoms. The van der Waals surface area contributed by atoms with E-state index in [-0.39, 0.29) is 23.7 Å². The molecule has 3 aliphatic heterocycles. The van der Waals surface area contributed by atoms with Crippen LogP contribution in [-0.2, 0) is 11.2 Å². The third-order valence-corrected chi connectivity index (χ3v) is 8.28. The molecular formula is C29H38N2O2. The predicted molar refractivity (Wildman–Crippen MR) is 133 cm³/mol. The molecule has 1 amide bonds. The van der Waals surface area contributed by atoms with E-state index >= 15 is 0 Å². The van der Waals surface area contributed by atoms with Crippen LogP contribution in [0.15, 0.2) is 42.5 Å². The Hall–Kier alpha value is -2.33. The third kappa shape index (κ3) is 4.55. The highest BCUT2D eigenvalue weighted by Crippen LogP contribution is 2.44. The fourth-order valence-electron chi connectivity index (χ4n) is 5.99. The number of fused-ring (bicyclic) bond motifs is 4. The Balaban J connectivity index is 1.35. The molecule has 3 saturated heterocycles. The average molecular weight is 447 g/mol. The third-order valence-electron chi connectivity index (χ3n) is 8.28. The van der Waals surface area contributed by atoms with E-state index in [9.17, 15) is 4.79 Å². The van der Waals surface area contributed by atoms with Crippen LogP contribution in [0.2, 0.25) is 0 Å². The van der Waals surface area contributed by atoms with Crippen molar-refractivity contribution in [2.45, 2.75) is 71.4 Å². The summed E-state index contributed by atoms with van der Waals surface area (Å²) in [6.07, 6.45) is 4.16. The van der Waals surface area contributed by atoms with E-state index in [1.54, 1.807) is 0 Å². The summed E-state index contributed by atoms with van der Waals surface area (Å²) in [6.45, 7) is 12.2. The molecule has 4 nitrogen and oxygen atoms in total. The Labute approximate surface area is 198 Å². The molecular weight excluding hydrogens is 408 g/mol. The van der Waals surface area contributed by atoms with Crippen LogP contribution in [0.5, 0.6) is 0 Å². The number of hydrogen-bond donors (Lipinski definition) is 1. The van der Waals surface area contributed by atoms with Crippen molar-refractivity contribution in [3.8, 4) is 11.1 Å². The van der Waals surface area contributed by atoms with Crippen molar-refractivity contribution < 1.29 is 9.53 Å². The first-order valence-electron chi connectivity index (χ1n) is 12.7. The van der Waals surface area contributed by atoms with Crippen LogP contribution in [0.4, 0.5) is 4.79 Å². The molecule has 4 aliphatic rings. The standard InChI is InChI=1S/C29H38N2O2/c1-19(2)21-6-5-7-22(16-21)23-8-9-25-24(17-23)10-13-29(3,4)27(25)30-28(32)33-26-18-31-14-11-20(26)12-15-31/h5-9,16-17,19-20,26-27H,10-15,18H2,1-4H3,(H,30,32)/t26-,27?/m1/s1. The summed E-state index contributed by atoms with van der Waals surface area (Å²) in [6, 6.07) is 15.6. The van der Waals surface area contributed by atoms with Crippen molar-refractivity contribution >= 4 is 6.09 Å². The smallest absolute Gasteiger partial charge is 0.407 e. The van der Waals surface area contributed by atoms with Crippen LogP contribution in [0, 0.1) is 11.3 Å². The lowest BCUT2D eigenvalue weighted by Gasteiger charge is -2.44. The van der Waals surface area contributed by atoms with Gasteiger partial charge in [0.1, 0.15) is 6.10 Å². The number of carbonyl (C=O) groups excluding carboxylic acids is 1. The molecule has 2 atom stereocenters. The lowest BCUT2D eigenvalue weighted by Crippen LogP contribution is -2.53. The quantitative estimate of drug-likeness (QED) is 0.598. The Bertz CT molecular complexity index is 1020. The zero-order chi connectivity index (χ0) is 23.2. The molecule has 6 rings (SSSR count). The highest BCUT2D eigenvalue weighted by Gasteiger charge is 2.40. The monoisotopic (exact) mass is 446 g/mol. The van der Waals surface area contributed by atoms with Crippen molar-refractivity contribution in [3.63, 3.8) is 0 Å². The normalized spacial score (nSPS) is 27.8. The molecule has 3 heterocycles. The van der Waals surface area contributed by atoms with Gasteiger partial charge in [0.2, 0.25) is 0 Å². The van der Waals surface area contributed by atoms with Crippen molar-refractivity contribution in [1.82, 2.24) is 10.2 Å². The number of ether oxygens (including phenoxy) is 1.